The van der Waals surface area contributed by atoms with Crippen LogP contribution in [0.3, 0.4) is 0 Å². The van der Waals surface area contributed by atoms with Crippen LogP contribution in [0.5, 0.6) is 0 Å². The second-order valence-electron chi connectivity index (χ2n) is 4.22. The molecule has 0 aromatic heterocycles. The predicted molar refractivity (Wildman–Crippen MR) is 58.4 cm³/mol. The molecule has 0 spiro atoms. The van der Waals surface area contributed by atoms with Crippen LogP contribution in [0.4, 0.5) is 0 Å². The van der Waals surface area contributed by atoms with Gasteiger partial charge in [-0.1, -0.05) is 24.6 Å². The molecular weight excluding hydrogens is 186 g/mol. The van der Waals surface area contributed by atoms with Crippen molar-refractivity contribution in [3.05, 3.63) is 35.4 Å². The van der Waals surface area contributed by atoms with Crippen LogP contribution in [0.15, 0.2) is 24.3 Å². The molecule has 1 saturated carbocycles. The molecule has 2 heteroatoms. The standard InChI is InChI=1S/C13H15NO/c14-9-11-4-1-2-7-13(11)10-5-3-6-12(15)8-10/h1-2,4,7,10,12,15H,3,5-6,8H2. The highest BCUT2D eigenvalue weighted by Crippen LogP contribution is 2.34. The van der Waals surface area contributed by atoms with E-state index in [1.165, 1.54) is 0 Å². The molecule has 2 unspecified atom stereocenters. The molecule has 0 saturated heterocycles. The Bertz CT molecular complexity index is 380. The highest BCUT2D eigenvalue weighted by atomic mass is 16.3. The Balaban J connectivity index is 2.25. The minimum Gasteiger partial charge on any atom is -0.393 e. The summed E-state index contributed by atoms with van der Waals surface area (Å²) in [4.78, 5) is 0. The summed E-state index contributed by atoms with van der Waals surface area (Å²) in [5.41, 5.74) is 1.87. The predicted octanol–water partition coefficient (Wildman–Crippen LogP) is 2.58. The number of benzene rings is 1. The topological polar surface area (TPSA) is 44.0 Å². The van der Waals surface area contributed by atoms with Gasteiger partial charge in [-0.05, 0) is 36.8 Å². The normalized spacial score (nSPS) is 25.9. The highest BCUT2D eigenvalue weighted by Gasteiger charge is 2.23. The van der Waals surface area contributed by atoms with Gasteiger partial charge in [-0.25, -0.2) is 0 Å². The number of nitrogens with zero attached hydrogens (tertiary/aromatic N) is 1. The lowest BCUT2D eigenvalue weighted by Crippen LogP contribution is -2.18. The summed E-state index contributed by atoms with van der Waals surface area (Å²) in [5.74, 6) is 0.365. The largest absolute Gasteiger partial charge is 0.393 e. The number of nitriles is 1. The molecule has 78 valence electrons. The lowest BCUT2D eigenvalue weighted by molar-refractivity contribution is 0.119. The van der Waals surface area contributed by atoms with Crippen molar-refractivity contribution in [2.75, 3.05) is 0 Å². The van der Waals surface area contributed by atoms with E-state index < -0.39 is 0 Å². The molecule has 0 radical (unpaired) electrons. The molecule has 1 aromatic rings. The van der Waals surface area contributed by atoms with Gasteiger partial charge in [0.15, 0.2) is 0 Å². The van der Waals surface area contributed by atoms with E-state index in [-0.39, 0.29) is 6.10 Å². The Labute approximate surface area is 90.2 Å². The van der Waals surface area contributed by atoms with Crippen molar-refractivity contribution in [2.24, 2.45) is 0 Å². The molecule has 2 atom stereocenters. The second-order valence-corrected chi connectivity index (χ2v) is 4.22. The van der Waals surface area contributed by atoms with E-state index in [1.54, 1.807) is 0 Å². The van der Waals surface area contributed by atoms with Crippen molar-refractivity contribution in [1.82, 2.24) is 0 Å². The Hall–Kier alpha value is -1.33. The van der Waals surface area contributed by atoms with Crippen molar-refractivity contribution in [3.63, 3.8) is 0 Å². The number of hydrogen-bond acceptors (Lipinski definition) is 2. The molecule has 0 heterocycles. The van der Waals surface area contributed by atoms with Gasteiger partial charge >= 0.3 is 0 Å². The van der Waals surface area contributed by atoms with Gasteiger partial charge in [0.2, 0.25) is 0 Å². The van der Waals surface area contributed by atoms with Crippen LogP contribution in [0.25, 0.3) is 0 Å². The highest BCUT2D eigenvalue weighted by molar-refractivity contribution is 5.39. The zero-order chi connectivity index (χ0) is 10.7. The van der Waals surface area contributed by atoms with Gasteiger partial charge in [-0.3, -0.25) is 0 Å². The molecule has 0 aliphatic heterocycles. The number of rotatable bonds is 1. The Morgan fingerprint density at radius 3 is 2.80 bits per heavy atom. The molecule has 0 amide bonds. The van der Waals surface area contributed by atoms with E-state index in [0.29, 0.717) is 5.92 Å². The molecule has 1 N–H and O–H groups in total. The number of aliphatic hydroxyl groups excluding tert-OH is 1. The van der Waals surface area contributed by atoms with E-state index >= 15 is 0 Å². The lowest BCUT2D eigenvalue weighted by atomic mass is 9.81. The van der Waals surface area contributed by atoms with Crippen molar-refractivity contribution in [2.45, 2.75) is 37.7 Å². The Morgan fingerprint density at radius 2 is 2.07 bits per heavy atom. The average molecular weight is 201 g/mol. The minimum atomic E-state index is -0.185. The summed E-state index contributed by atoms with van der Waals surface area (Å²) in [6, 6.07) is 9.96. The summed E-state index contributed by atoms with van der Waals surface area (Å²) in [7, 11) is 0. The SMILES string of the molecule is N#Cc1ccccc1C1CCCC(O)C1. The first-order valence-electron chi connectivity index (χ1n) is 5.48. The molecule has 1 aromatic carbocycles. The number of hydrogen-bond donors (Lipinski definition) is 1. The minimum absolute atomic E-state index is 0.185. The number of aliphatic hydroxyl groups is 1. The first-order valence-corrected chi connectivity index (χ1v) is 5.48. The molecular formula is C13H15NO. The van der Waals surface area contributed by atoms with Gasteiger partial charge in [0.25, 0.3) is 0 Å². The van der Waals surface area contributed by atoms with E-state index in [9.17, 15) is 5.11 Å². The monoisotopic (exact) mass is 201 g/mol. The van der Waals surface area contributed by atoms with Crippen molar-refractivity contribution in [3.8, 4) is 6.07 Å². The van der Waals surface area contributed by atoms with E-state index in [4.69, 9.17) is 5.26 Å². The molecule has 15 heavy (non-hydrogen) atoms. The van der Waals surface area contributed by atoms with Crippen molar-refractivity contribution in [1.29, 1.82) is 5.26 Å². The Morgan fingerprint density at radius 1 is 1.27 bits per heavy atom. The molecule has 2 nitrogen and oxygen atoms in total. The fourth-order valence-electron chi connectivity index (χ4n) is 2.40. The van der Waals surface area contributed by atoms with Crippen LogP contribution in [-0.4, -0.2) is 11.2 Å². The zero-order valence-corrected chi connectivity index (χ0v) is 8.69. The summed E-state index contributed by atoms with van der Waals surface area (Å²) < 4.78 is 0. The summed E-state index contributed by atoms with van der Waals surface area (Å²) >= 11 is 0. The zero-order valence-electron chi connectivity index (χ0n) is 8.69. The van der Waals surface area contributed by atoms with Gasteiger partial charge in [-0.15, -0.1) is 0 Å². The van der Waals surface area contributed by atoms with Gasteiger partial charge in [0.05, 0.1) is 17.7 Å². The molecule has 2 rings (SSSR count). The Kier molecular flexibility index (Phi) is 3.03. The molecule has 1 aliphatic carbocycles. The fraction of sp³-hybridized carbons (Fsp3) is 0.462. The third-order valence-corrected chi connectivity index (χ3v) is 3.17. The van der Waals surface area contributed by atoms with E-state index in [1.807, 2.05) is 24.3 Å². The van der Waals surface area contributed by atoms with Gasteiger partial charge in [-0.2, -0.15) is 5.26 Å². The summed E-state index contributed by atoms with van der Waals surface area (Å²) in [6.45, 7) is 0. The first-order chi connectivity index (χ1) is 7.31. The third kappa shape index (κ3) is 2.19. The first kappa shape index (κ1) is 10.2. The van der Waals surface area contributed by atoms with Gasteiger partial charge < -0.3 is 5.11 Å². The van der Waals surface area contributed by atoms with Gasteiger partial charge in [0.1, 0.15) is 0 Å². The van der Waals surface area contributed by atoms with Crippen molar-refractivity contribution < 1.29 is 5.11 Å². The maximum absolute atomic E-state index is 9.62. The van der Waals surface area contributed by atoms with Crippen LogP contribution in [0.1, 0.15) is 42.7 Å². The summed E-state index contributed by atoms with van der Waals surface area (Å²) in [6.07, 6.45) is 3.68. The molecule has 1 aliphatic rings. The smallest absolute Gasteiger partial charge is 0.0994 e. The molecule has 1 fully saturated rings. The van der Waals surface area contributed by atoms with Gasteiger partial charge in [0, 0.05) is 0 Å². The van der Waals surface area contributed by atoms with Crippen LogP contribution < -0.4 is 0 Å². The van der Waals surface area contributed by atoms with Crippen LogP contribution in [-0.2, 0) is 0 Å². The van der Waals surface area contributed by atoms with Crippen LogP contribution in [0, 0.1) is 11.3 Å². The quantitative estimate of drug-likeness (QED) is 0.759. The third-order valence-electron chi connectivity index (χ3n) is 3.17. The second kappa shape index (κ2) is 4.46. The van der Waals surface area contributed by atoms with Crippen molar-refractivity contribution >= 4 is 0 Å². The maximum atomic E-state index is 9.62. The van der Waals surface area contributed by atoms with Crippen LogP contribution in [0.2, 0.25) is 0 Å². The maximum Gasteiger partial charge on any atom is 0.0994 e. The lowest BCUT2D eigenvalue weighted by Gasteiger charge is -2.26. The molecule has 0 bridgehead atoms. The average Bonchev–Trinajstić information content (AvgIpc) is 2.29. The summed E-state index contributed by atoms with van der Waals surface area (Å²) in [5, 5.41) is 18.6. The van der Waals surface area contributed by atoms with E-state index in [2.05, 4.69) is 6.07 Å². The van der Waals surface area contributed by atoms with Crippen LogP contribution >= 0.6 is 0 Å². The fourth-order valence-corrected chi connectivity index (χ4v) is 2.40. The van der Waals surface area contributed by atoms with E-state index in [0.717, 1.165) is 36.8 Å².